The molecule has 4 aromatic rings. The van der Waals surface area contributed by atoms with Gasteiger partial charge in [-0.2, -0.15) is 0 Å². The smallest absolute Gasteiger partial charge is 0.124 e. The lowest BCUT2D eigenvalue weighted by Crippen LogP contribution is -1.78. The summed E-state index contributed by atoms with van der Waals surface area (Å²) >= 11 is 9.31. The third kappa shape index (κ3) is 2.38. The van der Waals surface area contributed by atoms with Crippen molar-refractivity contribution >= 4 is 45.0 Å². The van der Waals surface area contributed by atoms with E-state index in [1.165, 1.54) is 21.2 Å². The standard InChI is InChI=1S/C17H10ClNS2/c18-16-9-8-14(20-16)15-10-19-17(21-15)13-7-3-5-11-4-1-2-6-12(11)13/h1-10H. The Balaban J connectivity index is 1.85. The van der Waals surface area contributed by atoms with Gasteiger partial charge in [0.25, 0.3) is 0 Å². The van der Waals surface area contributed by atoms with E-state index in [0.29, 0.717) is 0 Å². The van der Waals surface area contributed by atoms with E-state index in [1.807, 2.05) is 18.3 Å². The minimum absolute atomic E-state index is 0.810. The van der Waals surface area contributed by atoms with E-state index in [4.69, 9.17) is 11.6 Å². The molecule has 0 radical (unpaired) electrons. The summed E-state index contributed by atoms with van der Waals surface area (Å²) in [6.45, 7) is 0. The van der Waals surface area contributed by atoms with Crippen molar-refractivity contribution in [1.82, 2.24) is 4.98 Å². The highest BCUT2D eigenvalue weighted by Crippen LogP contribution is 2.38. The van der Waals surface area contributed by atoms with Gasteiger partial charge in [-0.25, -0.2) is 4.98 Å². The molecule has 2 aromatic heterocycles. The molecule has 21 heavy (non-hydrogen) atoms. The zero-order valence-electron chi connectivity index (χ0n) is 10.9. The second-order valence-electron chi connectivity index (χ2n) is 4.66. The molecule has 1 nitrogen and oxygen atoms in total. The fraction of sp³-hybridized carbons (Fsp3) is 0. The normalized spacial score (nSPS) is 11.1. The summed E-state index contributed by atoms with van der Waals surface area (Å²) in [5, 5.41) is 3.53. The molecule has 0 saturated heterocycles. The highest BCUT2D eigenvalue weighted by atomic mass is 35.5. The highest BCUT2D eigenvalue weighted by Gasteiger charge is 2.10. The number of aromatic nitrogens is 1. The van der Waals surface area contributed by atoms with E-state index in [2.05, 4.69) is 47.4 Å². The molecule has 0 spiro atoms. The summed E-state index contributed by atoms with van der Waals surface area (Å²) < 4.78 is 0.810. The zero-order valence-corrected chi connectivity index (χ0v) is 13.3. The second-order valence-corrected chi connectivity index (χ2v) is 7.41. The van der Waals surface area contributed by atoms with Gasteiger partial charge in [-0.3, -0.25) is 0 Å². The maximum atomic E-state index is 6.01. The average Bonchev–Trinajstić information content (AvgIpc) is 3.15. The summed E-state index contributed by atoms with van der Waals surface area (Å²) in [4.78, 5) is 6.94. The van der Waals surface area contributed by atoms with Crippen molar-refractivity contribution in [3.05, 3.63) is 65.1 Å². The molecule has 0 unspecified atom stereocenters. The van der Waals surface area contributed by atoms with E-state index in [0.717, 1.165) is 14.2 Å². The van der Waals surface area contributed by atoms with Crippen LogP contribution in [0.5, 0.6) is 0 Å². The molecule has 102 valence electrons. The summed E-state index contributed by atoms with van der Waals surface area (Å²) in [7, 11) is 0. The van der Waals surface area contributed by atoms with Gasteiger partial charge in [0, 0.05) is 16.6 Å². The number of thiophene rings is 1. The minimum atomic E-state index is 0.810. The molecule has 0 atom stereocenters. The van der Waals surface area contributed by atoms with Gasteiger partial charge in [0.05, 0.1) is 9.21 Å². The Kier molecular flexibility index (Phi) is 3.26. The molecule has 2 aromatic carbocycles. The van der Waals surface area contributed by atoms with Crippen molar-refractivity contribution in [2.24, 2.45) is 0 Å². The van der Waals surface area contributed by atoms with Crippen LogP contribution in [0.2, 0.25) is 4.34 Å². The largest absolute Gasteiger partial charge is 0.244 e. The number of thiazole rings is 1. The Bertz CT molecular complexity index is 918. The summed E-state index contributed by atoms with van der Waals surface area (Å²) in [6.07, 6.45) is 1.93. The van der Waals surface area contributed by atoms with Gasteiger partial charge in [-0.15, -0.1) is 22.7 Å². The molecule has 4 heteroatoms. The first-order chi connectivity index (χ1) is 10.3. The van der Waals surface area contributed by atoms with Crippen LogP contribution in [-0.4, -0.2) is 4.98 Å². The molecular formula is C17H10ClNS2. The predicted octanol–water partition coefficient (Wildman–Crippen LogP) is 6.35. The Morgan fingerprint density at radius 1 is 0.810 bits per heavy atom. The van der Waals surface area contributed by atoms with Crippen LogP contribution < -0.4 is 0 Å². The average molecular weight is 328 g/mol. The van der Waals surface area contributed by atoms with E-state index < -0.39 is 0 Å². The van der Waals surface area contributed by atoms with E-state index >= 15 is 0 Å². The third-order valence-corrected chi connectivity index (χ3v) is 5.80. The summed E-state index contributed by atoms with van der Waals surface area (Å²) in [6, 6.07) is 18.7. The van der Waals surface area contributed by atoms with Crippen molar-refractivity contribution in [2.45, 2.75) is 0 Å². The fourth-order valence-corrected chi connectivity index (χ4v) is 4.44. The lowest BCUT2D eigenvalue weighted by atomic mass is 10.1. The van der Waals surface area contributed by atoms with Gasteiger partial charge in [-0.05, 0) is 22.9 Å². The number of hydrogen-bond acceptors (Lipinski definition) is 3. The van der Waals surface area contributed by atoms with Crippen molar-refractivity contribution in [3.63, 3.8) is 0 Å². The van der Waals surface area contributed by atoms with Gasteiger partial charge in [0.2, 0.25) is 0 Å². The van der Waals surface area contributed by atoms with Crippen LogP contribution in [0.4, 0.5) is 0 Å². The maximum Gasteiger partial charge on any atom is 0.124 e. The van der Waals surface area contributed by atoms with Crippen LogP contribution in [0.3, 0.4) is 0 Å². The summed E-state index contributed by atoms with van der Waals surface area (Å²) in [5.74, 6) is 0. The topological polar surface area (TPSA) is 12.9 Å². The van der Waals surface area contributed by atoms with E-state index in [-0.39, 0.29) is 0 Å². The van der Waals surface area contributed by atoms with Gasteiger partial charge < -0.3 is 0 Å². The van der Waals surface area contributed by atoms with Crippen molar-refractivity contribution in [3.8, 4) is 20.3 Å². The van der Waals surface area contributed by atoms with Crippen LogP contribution in [0.25, 0.3) is 31.1 Å². The van der Waals surface area contributed by atoms with Crippen LogP contribution in [0.15, 0.2) is 60.8 Å². The van der Waals surface area contributed by atoms with Gasteiger partial charge in [0.1, 0.15) is 5.01 Å². The Morgan fingerprint density at radius 3 is 2.52 bits per heavy atom. The highest BCUT2D eigenvalue weighted by molar-refractivity contribution is 7.25. The number of halogens is 1. The first kappa shape index (κ1) is 13.0. The molecule has 0 bridgehead atoms. The van der Waals surface area contributed by atoms with Gasteiger partial charge in [-0.1, -0.05) is 54.1 Å². The molecule has 0 aliphatic rings. The molecule has 0 aliphatic carbocycles. The molecular weight excluding hydrogens is 318 g/mol. The number of nitrogens with zero attached hydrogens (tertiary/aromatic N) is 1. The van der Waals surface area contributed by atoms with E-state index in [1.54, 1.807) is 22.7 Å². The molecule has 0 saturated carbocycles. The molecule has 0 N–H and O–H groups in total. The van der Waals surface area contributed by atoms with Gasteiger partial charge >= 0.3 is 0 Å². The van der Waals surface area contributed by atoms with Crippen LogP contribution in [0.1, 0.15) is 0 Å². The first-order valence-electron chi connectivity index (χ1n) is 6.51. The SMILES string of the molecule is Clc1ccc(-c2cnc(-c3cccc4ccccc34)s2)s1. The third-order valence-electron chi connectivity index (χ3n) is 3.34. The number of rotatable bonds is 2. The molecule has 4 rings (SSSR count). The van der Waals surface area contributed by atoms with Crippen molar-refractivity contribution < 1.29 is 0 Å². The number of hydrogen-bond donors (Lipinski definition) is 0. The Labute approximate surface area is 135 Å². The van der Waals surface area contributed by atoms with Crippen molar-refractivity contribution in [2.75, 3.05) is 0 Å². The second kappa shape index (κ2) is 5.26. The van der Waals surface area contributed by atoms with Gasteiger partial charge in [0.15, 0.2) is 0 Å². The summed E-state index contributed by atoms with van der Waals surface area (Å²) in [5.41, 5.74) is 1.19. The van der Waals surface area contributed by atoms with E-state index in [9.17, 15) is 0 Å². The quantitative estimate of drug-likeness (QED) is 0.418. The molecule has 0 aliphatic heterocycles. The van der Waals surface area contributed by atoms with Crippen molar-refractivity contribution in [1.29, 1.82) is 0 Å². The van der Waals surface area contributed by atoms with Crippen LogP contribution in [-0.2, 0) is 0 Å². The number of fused-ring (bicyclic) bond motifs is 1. The molecule has 0 amide bonds. The molecule has 0 fully saturated rings. The monoisotopic (exact) mass is 327 g/mol. The fourth-order valence-electron chi connectivity index (χ4n) is 2.37. The maximum absolute atomic E-state index is 6.01. The van der Waals surface area contributed by atoms with Crippen LogP contribution >= 0.6 is 34.3 Å². The first-order valence-corrected chi connectivity index (χ1v) is 8.52. The lowest BCUT2D eigenvalue weighted by Gasteiger charge is -2.02. The molecule has 2 heterocycles. The lowest BCUT2D eigenvalue weighted by molar-refractivity contribution is 1.42. The predicted molar refractivity (Wildman–Crippen MR) is 93.4 cm³/mol. The number of benzene rings is 2. The van der Waals surface area contributed by atoms with Crippen LogP contribution in [0, 0.1) is 0 Å². The zero-order chi connectivity index (χ0) is 14.2. The Hall–Kier alpha value is -1.68. The minimum Gasteiger partial charge on any atom is -0.244 e. The Morgan fingerprint density at radius 2 is 1.67 bits per heavy atom.